The van der Waals surface area contributed by atoms with Gasteiger partial charge in [0.05, 0.1) is 11.3 Å². The largest absolute Gasteiger partial charge is 0.311 e. The van der Waals surface area contributed by atoms with Gasteiger partial charge in [0.15, 0.2) is 0 Å². The van der Waals surface area contributed by atoms with E-state index in [9.17, 15) is 10.1 Å². The third-order valence-corrected chi connectivity index (χ3v) is 1.76. The van der Waals surface area contributed by atoms with E-state index in [2.05, 4.69) is 9.97 Å². The number of pyridine rings is 1. The highest BCUT2D eigenvalue weighted by Gasteiger charge is 2.13. The summed E-state index contributed by atoms with van der Waals surface area (Å²) in [7, 11) is 0. The fourth-order valence-electron chi connectivity index (χ4n) is 1.14. The molecule has 0 N–H and O–H groups in total. The third kappa shape index (κ3) is 1.33. The Morgan fingerprint density at radius 2 is 2.21 bits per heavy atom. The first-order valence-electron chi connectivity index (χ1n) is 3.86. The number of nitrogens with zero attached hydrogens (tertiary/aromatic N) is 4. The van der Waals surface area contributed by atoms with Gasteiger partial charge in [-0.3, -0.25) is 15.1 Å². The van der Waals surface area contributed by atoms with Crippen molar-refractivity contribution in [2.45, 2.75) is 0 Å². The molecule has 0 unspecified atom stereocenters. The Morgan fingerprint density at radius 3 is 2.86 bits per heavy atom. The van der Waals surface area contributed by atoms with Gasteiger partial charge in [-0.15, -0.1) is 0 Å². The summed E-state index contributed by atoms with van der Waals surface area (Å²) in [5.41, 5.74) is 0.424. The maximum atomic E-state index is 10.6. The van der Waals surface area contributed by atoms with Crippen molar-refractivity contribution < 1.29 is 4.92 Å². The van der Waals surface area contributed by atoms with Crippen LogP contribution in [0.1, 0.15) is 0 Å². The fourth-order valence-corrected chi connectivity index (χ4v) is 1.14. The Hall–Kier alpha value is -2.24. The number of hydrogen-bond donors (Lipinski definition) is 0. The molecule has 14 heavy (non-hydrogen) atoms. The van der Waals surface area contributed by atoms with Crippen LogP contribution >= 0.6 is 0 Å². The van der Waals surface area contributed by atoms with Crippen molar-refractivity contribution >= 4 is 5.69 Å². The summed E-state index contributed by atoms with van der Waals surface area (Å²) in [5, 5.41) is 10.6. The van der Waals surface area contributed by atoms with Crippen molar-refractivity contribution in [3.05, 3.63) is 47.3 Å². The predicted octanol–water partition coefficient (Wildman–Crippen LogP) is 1.18. The highest BCUT2D eigenvalue weighted by molar-refractivity contribution is 5.49. The Kier molecular flexibility index (Phi) is 1.94. The number of hydrogen-bond acceptors (Lipinski definition) is 4. The molecule has 0 aromatic carbocycles. The minimum atomic E-state index is -0.470. The van der Waals surface area contributed by atoms with Crippen LogP contribution in [0.15, 0.2) is 37.2 Å². The molecule has 2 aromatic heterocycles. The Bertz CT molecular complexity index is 452. The normalized spacial score (nSPS) is 10.0. The highest BCUT2D eigenvalue weighted by Crippen LogP contribution is 2.19. The SMILES string of the molecule is O=[N+]([O-])c1cnccc1-n1ccnc1. The lowest BCUT2D eigenvalue weighted by atomic mass is 10.3. The summed E-state index contributed by atoms with van der Waals surface area (Å²) in [6.45, 7) is 0. The zero-order chi connectivity index (χ0) is 9.97. The van der Waals surface area contributed by atoms with Gasteiger partial charge in [-0.2, -0.15) is 0 Å². The van der Waals surface area contributed by atoms with Crippen LogP contribution in [0, 0.1) is 10.1 Å². The molecule has 2 heterocycles. The van der Waals surface area contributed by atoms with E-state index in [1.165, 1.54) is 18.7 Å². The molecule has 2 rings (SSSR count). The molecule has 0 spiro atoms. The van der Waals surface area contributed by atoms with Crippen LogP contribution in [0.2, 0.25) is 0 Å². The molecule has 0 aliphatic carbocycles. The van der Waals surface area contributed by atoms with Crippen LogP contribution in [0.5, 0.6) is 0 Å². The number of imidazole rings is 1. The summed E-state index contributed by atoms with van der Waals surface area (Å²) in [6, 6.07) is 1.57. The van der Waals surface area contributed by atoms with E-state index in [1.54, 1.807) is 23.0 Å². The monoisotopic (exact) mass is 190 g/mol. The summed E-state index contributed by atoms with van der Waals surface area (Å²) >= 11 is 0. The second-order valence-electron chi connectivity index (χ2n) is 2.59. The fraction of sp³-hybridized carbons (Fsp3) is 0. The van der Waals surface area contributed by atoms with Crippen molar-refractivity contribution in [3.63, 3.8) is 0 Å². The van der Waals surface area contributed by atoms with Gasteiger partial charge < -0.3 is 4.57 Å². The summed E-state index contributed by atoms with van der Waals surface area (Å²) < 4.78 is 1.57. The van der Waals surface area contributed by atoms with Gasteiger partial charge in [0.25, 0.3) is 0 Å². The minimum Gasteiger partial charge on any atom is -0.300 e. The van der Waals surface area contributed by atoms with E-state index in [-0.39, 0.29) is 5.69 Å². The van der Waals surface area contributed by atoms with E-state index < -0.39 is 4.92 Å². The second-order valence-corrected chi connectivity index (χ2v) is 2.59. The zero-order valence-corrected chi connectivity index (χ0v) is 7.07. The molecule has 0 saturated heterocycles. The van der Waals surface area contributed by atoms with Gasteiger partial charge in [0, 0.05) is 18.6 Å². The minimum absolute atomic E-state index is 0.0366. The molecule has 0 aliphatic rings. The van der Waals surface area contributed by atoms with Gasteiger partial charge in [-0.25, -0.2) is 4.98 Å². The van der Waals surface area contributed by atoms with Crippen LogP contribution in [-0.4, -0.2) is 19.5 Å². The maximum absolute atomic E-state index is 10.6. The van der Waals surface area contributed by atoms with Gasteiger partial charge >= 0.3 is 5.69 Å². The van der Waals surface area contributed by atoms with Crippen LogP contribution in [0.4, 0.5) is 5.69 Å². The van der Waals surface area contributed by atoms with Crippen molar-refractivity contribution in [1.29, 1.82) is 0 Å². The lowest BCUT2D eigenvalue weighted by Gasteiger charge is -2.01. The smallest absolute Gasteiger partial charge is 0.300 e. The lowest BCUT2D eigenvalue weighted by molar-refractivity contribution is -0.384. The zero-order valence-electron chi connectivity index (χ0n) is 7.07. The molecule has 70 valence electrons. The standard InChI is InChI=1S/C8H6N4O2/c13-12(14)8-5-9-2-1-7(8)11-4-3-10-6-11/h1-6H. The molecule has 0 atom stereocenters. The average Bonchev–Trinajstić information content (AvgIpc) is 2.70. The topological polar surface area (TPSA) is 73.8 Å². The van der Waals surface area contributed by atoms with Gasteiger partial charge in [-0.1, -0.05) is 0 Å². The first-order valence-corrected chi connectivity index (χ1v) is 3.86. The van der Waals surface area contributed by atoms with Crippen LogP contribution in [-0.2, 0) is 0 Å². The van der Waals surface area contributed by atoms with Crippen LogP contribution < -0.4 is 0 Å². The van der Waals surface area contributed by atoms with Crippen molar-refractivity contribution in [3.8, 4) is 5.69 Å². The van der Waals surface area contributed by atoms with E-state index in [0.717, 1.165) is 0 Å². The molecule has 6 heteroatoms. The number of nitro groups is 1. The van der Waals surface area contributed by atoms with Gasteiger partial charge in [0.1, 0.15) is 11.9 Å². The van der Waals surface area contributed by atoms with Crippen LogP contribution in [0.3, 0.4) is 0 Å². The summed E-state index contributed by atoms with van der Waals surface area (Å²) in [5.74, 6) is 0. The highest BCUT2D eigenvalue weighted by atomic mass is 16.6. The third-order valence-electron chi connectivity index (χ3n) is 1.76. The van der Waals surface area contributed by atoms with Gasteiger partial charge in [-0.05, 0) is 6.07 Å². The molecule has 6 nitrogen and oxygen atoms in total. The maximum Gasteiger partial charge on any atom is 0.311 e. The van der Waals surface area contributed by atoms with Crippen molar-refractivity contribution in [1.82, 2.24) is 14.5 Å². The van der Waals surface area contributed by atoms with Crippen LogP contribution in [0.25, 0.3) is 5.69 Å². The molecule has 0 bridgehead atoms. The number of rotatable bonds is 2. The molecular formula is C8H6N4O2. The van der Waals surface area contributed by atoms with Gasteiger partial charge in [0.2, 0.25) is 0 Å². The Morgan fingerprint density at radius 1 is 1.36 bits per heavy atom. The second kappa shape index (κ2) is 3.25. The predicted molar refractivity (Wildman–Crippen MR) is 48.0 cm³/mol. The first kappa shape index (κ1) is 8.36. The van der Waals surface area contributed by atoms with Crippen molar-refractivity contribution in [2.24, 2.45) is 0 Å². The van der Waals surface area contributed by atoms with Crippen molar-refractivity contribution in [2.75, 3.05) is 0 Å². The molecule has 0 fully saturated rings. The molecule has 0 amide bonds. The summed E-state index contributed by atoms with van der Waals surface area (Å²) in [6.07, 6.45) is 7.42. The van der Waals surface area contributed by atoms with E-state index >= 15 is 0 Å². The Balaban J connectivity index is 2.58. The lowest BCUT2D eigenvalue weighted by Crippen LogP contribution is -1.98. The Labute approximate surface area is 79.0 Å². The summed E-state index contributed by atoms with van der Waals surface area (Å²) in [4.78, 5) is 17.7. The molecule has 0 saturated carbocycles. The van der Waals surface area contributed by atoms with E-state index in [1.807, 2.05) is 0 Å². The molecule has 0 radical (unpaired) electrons. The average molecular weight is 190 g/mol. The molecular weight excluding hydrogens is 184 g/mol. The molecule has 2 aromatic rings. The number of aromatic nitrogens is 3. The molecule has 0 aliphatic heterocycles. The quantitative estimate of drug-likeness (QED) is 0.526. The van der Waals surface area contributed by atoms with E-state index in [4.69, 9.17) is 0 Å². The van der Waals surface area contributed by atoms with E-state index in [0.29, 0.717) is 5.69 Å². The first-order chi connectivity index (χ1) is 6.79.